The van der Waals surface area contributed by atoms with Gasteiger partial charge in [0.1, 0.15) is 0 Å². The minimum absolute atomic E-state index is 0.0350. The number of nitro benzene ring substituents is 1. The van der Waals surface area contributed by atoms with E-state index in [0.29, 0.717) is 31.7 Å². The smallest absolute Gasteiger partial charge is 0.269 e. The number of rotatable bonds is 5. The molecule has 0 atom stereocenters. The Labute approximate surface area is 185 Å². The second-order valence-electron chi connectivity index (χ2n) is 7.25. The Kier molecular flexibility index (Phi) is 5.87. The van der Waals surface area contributed by atoms with E-state index >= 15 is 0 Å². The maximum absolute atomic E-state index is 12.8. The molecule has 0 radical (unpaired) electrons. The van der Waals surface area contributed by atoms with Gasteiger partial charge < -0.3 is 9.80 Å². The van der Waals surface area contributed by atoms with Crippen LogP contribution >= 0.6 is 0 Å². The van der Waals surface area contributed by atoms with Gasteiger partial charge in [-0.3, -0.25) is 14.9 Å². The second kappa shape index (κ2) is 8.75. The monoisotopic (exact) mass is 452 g/mol. The van der Waals surface area contributed by atoms with Crippen LogP contribution in [0.15, 0.2) is 82.8 Å². The van der Waals surface area contributed by atoms with Crippen molar-refractivity contribution in [3.8, 4) is 0 Å². The van der Waals surface area contributed by atoms with Gasteiger partial charge in [0.25, 0.3) is 11.6 Å². The van der Waals surface area contributed by atoms with E-state index in [1.807, 2.05) is 0 Å². The predicted octanol–water partition coefficient (Wildman–Crippen LogP) is 2.79. The van der Waals surface area contributed by atoms with E-state index in [0.717, 1.165) is 5.69 Å². The Bertz CT molecular complexity index is 1220. The number of non-ortho nitro benzene ring substituents is 1. The van der Waals surface area contributed by atoms with E-state index in [1.54, 1.807) is 35.2 Å². The molecule has 9 nitrogen and oxygen atoms in total. The minimum Gasteiger partial charge on any atom is -0.368 e. The number of carbonyl (C=O) groups excluding carboxylic acids is 1. The first-order valence-corrected chi connectivity index (χ1v) is 11.4. The quantitative estimate of drug-likeness (QED) is 0.432. The van der Waals surface area contributed by atoms with Crippen LogP contribution in [0.25, 0.3) is 0 Å². The van der Waals surface area contributed by atoms with Crippen LogP contribution < -0.4 is 4.90 Å². The van der Waals surface area contributed by atoms with E-state index in [9.17, 15) is 23.3 Å². The molecule has 1 saturated heterocycles. The molecule has 1 aromatic heterocycles. The first-order valence-electron chi connectivity index (χ1n) is 9.91. The molecule has 10 heteroatoms. The molecule has 164 valence electrons. The Morgan fingerprint density at radius 2 is 1.56 bits per heavy atom. The maximum atomic E-state index is 12.8. The lowest BCUT2D eigenvalue weighted by Gasteiger charge is -2.36. The lowest BCUT2D eigenvalue weighted by molar-refractivity contribution is -0.384. The van der Waals surface area contributed by atoms with E-state index < -0.39 is 14.8 Å². The third kappa shape index (κ3) is 4.30. The SMILES string of the molecule is O=C(c1ccc(S(=O)(=O)c2ccccc2)nc1)N1CCN(c2ccc([N+](=O)[O-])cc2)CC1. The summed E-state index contributed by atoms with van der Waals surface area (Å²) >= 11 is 0. The fourth-order valence-electron chi connectivity index (χ4n) is 3.52. The summed E-state index contributed by atoms with van der Waals surface area (Å²) in [5, 5.41) is 10.7. The molecule has 2 heterocycles. The molecule has 1 aliphatic heterocycles. The molecule has 0 bridgehead atoms. The molecule has 32 heavy (non-hydrogen) atoms. The van der Waals surface area contributed by atoms with Gasteiger partial charge in [-0.25, -0.2) is 13.4 Å². The summed E-state index contributed by atoms with van der Waals surface area (Å²) in [5.74, 6) is -0.218. The van der Waals surface area contributed by atoms with Crippen LogP contribution in [0.2, 0.25) is 0 Å². The van der Waals surface area contributed by atoms with E-state index in [1.165, 1.54) is 42.6 Å². The van der Waals surface area contributed by atoms with E-state index in [-0.39, 0.29) is 21.5 Å². The van der Waals surface area contributed by atoms with Gasteiger partial charge in [0.15, 0.2) is 5.03 Å². The molecule has 3 aromatic rings. The number of nitro groups is 1. The maximum Gasteiger partial charge on any atom is 0.269 e. The second-order valence-corrected chi connectivity index (χ2v) is 9.15. The molecular formula is C22H20N4O5S. The van der Waals surface area contributed by atoms with Crippen molar-refractivity contribution in [3.63, 3.8) is 0 Å². The summed E-state index contributed by atoms with van der Waals surface area (Å²) in [4.78, 5) is 31.1. The predicted molar refractivity (Wildman–Crippen MR) is 117 cm³/mol. The van der Waals surface area contributed by atoms with Crippen molar-refractivity contribution in [1.82, 2.24) is 9.88 Å². The van der Waals surface area contributed by atoms with Crippen molar-refractivity contribution >= 4 is 27.1 Å². The van der Waals surface area contributed by atoms with Gasteiger partial charge in [0.05, 0.1) is 15.4 Å². The summed E-state index contributed by atoms with van der Waals surface area (Å²) in [7, 11) is -3.74. The number of amides is 1. The molecule has 4 rings (SSSR count). The number of nitrogens with zero attached hydrogens (tertiary/aromatic N) is 4. The highest BCUT2D eigenvalue weighted by Crippen LogP contribution is 2.22. The molecule has 1 aliphatic rings. The minimum atomic E-state index is -3.74. The van der Waals surface area contributed by atoms with Gasteiger partial charge in [-0.1, -0.05) is 18.2 Å². The van der Waals surface area contributed by atoms with Crippen LogP contribution in [0.3, 0.4) is 0 Å². The van der Waals surface area contributed by atoms with Crippen molar-refractivity contribution in [1.29, 1.82) is 0 Å². The van der Waals surface area contributed by atoms with Gasteiger partial charge in [-0.15, -0.1) is 0 Å². The standard InChI is InChI=1S/C22H20N4O5S/c27-22(17-6-11-21(23-16-17)32(30,31)20-4-2-1-3-5-20)25-14-12-24(13-15-25)18-7-9-19(10-8-18)26(28)29/h1-11,16H,12-15H2. The molecule has 0 unspecified atom stereocenters. The Morgan fingerprint density at radius 1 is 0.906 bits per heavy atom. The molecular weight excluding hydrogens is 432 g/mol. The topological polar surface area (TPSA) is 114 Å². The van der Waals surface area contributed by atoms with Gasteiger partial charge in [0.2, 0.25) is 9.84 Å². The van der Waals surface area contributed by atoms with Crippen molar-refractivity contribution in [2.45, 2.75) is 9.92 Å². The van der Waals surface area contributed by atoms with Crippen LogP contribution in [0, 0.1) is 10.1 Å². The summed E-state index contributed by atoms with van der Waals surface area (Å²) < 4.78 is 25.3. The van der Waals surface area contributed by atoms with Crippen LogP contribution in [-0.2, 0) is 9.84 Å². The lowest BCUT2D eigenvalue weighted by atomic mass is 10.2. The molecule has 0 saturated carbocycles. The normalized spacial score (nSPS) is 14.2. The van der Waals surface area contributed by atoms with Crippen molar-refractivity contribution in [2.24, 2.45) is 0 Å². The number of anilines is 1. The van der Waals surface area contributed by atoms with Crippen LogP contribution in [0.4, 0.5) is 11.4 Å². The number of hydrogen-bond donors (Lipinski definition) is 0. The number of sulfone groups is 1. The number of pyridine rings is 1. The Hall–Kier alpha value is -3.79. The summed E-state index contributed by atoms with van der Waals surface area (Å²) in [5.41, 5.74) is 1.22. The Balaban J connectivity index is 1.41. The number of aromatic nitrogens is 1. The molecule has 2 aromatic carbocycles. The number of benzene rings is 2. The fraction of sp³-hybridized carbons (Fsp3) is 0.182. The summed E-state index contributed by atoms with van der Waals surface area (Å²) in [6, 6.07) is 17.2. The van der Waals surface area contributed by atoms with Crippen molar-refractivity contribution in [3.05, 3.63) is 88.6 Å². The number of carbonyl (C=O) groups is 1. The zero-order chi connectivity index (χ0) is 22.7. The van der Waals surface area contributed by atoms with Crippen LogP contribution in [0.1, 0.15) is 10.4 Å². The lowest BCUT2D eigenvalue weighted by Crippen LogP contribution is -2.48. The highest BCUT2D eigenvalue weighted by atomic mass is 32.2. The first-order chi connectivity index (χ1) is 15.4. The molecule has 0 N–H and O–H groups in total. The summed E-state index contributed by atoms with van der Waals surface area (Å²) in [6.45, 7) is 2.11. The van der Waals surface area contributed by atoms with Crippen molar-refractivity contribution in [2.75, 3.05) is 31.1 Å². The van der Waals surface area contributed by atoms with Crippen LogP contribution in [-0.4, -0.2) is 55.3 Å². The average Bonchev–Trinajstić information content (AvgIpc) is 2.84. The number of piperazine rings is 1. The van der Waals surface area contributed by atoms with E-state index in [4.69, 9.17) is 0 Å². The molecule has 0 spiro atoms. The summed E-state index contributed by atoms with van der Waals surface area (Å²) in [6.07, 6.45) is 1.29. The van der Waals surface area contributed by atoms with Crippen LogP contribution in [0.5, 0.6) is 0 Å². The van der Waals surface area contributed by atoms with Gasteiger partial charge in [-0.2, -0.15) is 0 Å². The van der Waals surface area contributed by atoms with Gasteiger partial charge in [0, 0.05) is 50.2 Å². The molecule has 1 fully saturated rings. The third-order valence-electron chi connectivity index (χ3n) is 5.30. The third-order valence-corrected chi connectivity index (χ3v) is 6.99. The zero-order valence-corrected chi connectivity index (χ0v) is 17.8. The fourth-order valence-corrected chi connectivity index (χ4v) is 4.72. The average molecular weight is 452 g/mol. The largest absolute Gasteiger partial charge is 0.368 e. The van der Waals surface area contributed by atoms with Gasteiger partial charge >= 0.3 is 0 Å². The van der Waals surface area contributed by atoms with E-state index in [2.05, 4.69) is 9.88 Å². The number of hydrogen-bond acceptors (Lipinski definition) is 7. The molecule has 0 aliphatic carbocycles. The first kappa shape index (κ1) is 21.4. The zero-order valence-electron chi connectivity index (χ0n) is 17.0. The van der Waals surface area contributed by atoms with Crippen molar-refractivity contribution < 1.29 is 18.1 Å². The highest BCUT2D eigenvalue weighted by Gasteiger charge is 2.24. The highest BCUT2D eigenvalue weighted by molar-refractivity contribution is 7.91. The Morgan fingerprint density at radius 3 is 2.12 bits per heavy atom. The molecule has 1 amide bonds. The van der Waals surface area contributed by atoms with Gasteiger partial charge in [-0.05, 0) is 36.4 Å².